The maximum Gasteiger partial charge on any atom is 0.0923 e. The SMILES string of the molecule is c1ccc2nn(C3CCCN(C4CCC4)C3)cc2c1. The van der Waals surface area contributed by atoms with Crippen LogP contribution in [0.4, 0.5) is 0 Å². The van der Waals surface area contributed by atoms with Gasteiger partial charge in [-0.1, -0.05) is 24.6 Å². The molecule has 3 nitrogen and oxygen atoms in total. The largest absolute Gasteiger partial charge is 0.298 e. The molecule has 1 saturated heterocycles. The first-order valence-electron chi connectivity index (χ1n) is 7.58. The van der Waals surface area contributed by atoms with Crippen molar-refractivity contribution in [1.82, 2.24) is 14.7 Å². The average Bonchev–Trinajstić information content (AvgIpc) is 2.81. The van der Waals surface area contributed by atoms with Crippen LogP contribution in [0.3, 0.4) is 0 Å². The summed E-state index contributed by atoms with van der Waals surface area (Å²) >= 11 is 0. The Kier molecular flexibility index (Phi) is 2.80. The summed E-state index contributed by atoms with van der Waals surface area (Å²) in [4.78, 5) is 2.70. The number of benzene rings is 1. The first-order chi connectivity index (χ1) is 9.40. The molecule has 1 atom stereocenters. The molecule has 2 heterocycles. The van der Waals surface area contributed by atoms with Gasteiger partial charge in [0.05, 0.1) is 11.6 Å². The predicted octanol–water partition coefficient (Wildman–Crippen LogP) is 3.23. The van der Waals surface area contributed by atoms with Crippen molar-refractivity contribution in [2.75, 3.05) is 13.1 Å². The third-order valence-corrected chi connectivity index (χ3v) is 4.82. The van der Waals surface area contributed by atoms with Gasteiger partial charge >= 0.3 is 0 Å². The molecule has 100 valence electrons. The Bertz CT molecular complexity index is 537. The monoisotopic (exact) mass is 255 g/mol. The van der Waals surface area contributed by atoms with Crippen molar-refractivity contribution in [3.05, 3.63) is 30.5 Å². The zero-order valence-electron chi connectivity index (χ0n) is 11.3. The zero-order chi connectivity index (χ0) is 12.7. The van der Waals surface area contributed by atoms with Crippen LogP contribution in [0.5, 0.6) is 0 Å². The minimum absolute atomic E-state index is 0.571. The van der Waals surface area contributed by atoms with Crippen molar-refractivity contribution in [2.45, 2.75) is 44.2 Å². The first-order valence-corrected chi connectivity index (χ1v) is 7.58. The van der Waals surface area contributed by atoms with E-state index in [-0.39, 0.29) is 0 Å². The fourth-order valence-corrected chi connectivity index (χ4v) is 3.45. The van der Waals surface area contributed by atoms with Crippen LogP contribution in [0.2, 0.25) is 0 Å². The number of piperidine rings is 1. The smallest absolute Gasteiger partial charge is 0.0923 e. The van der Waals surface area contributed by atoms with Crippen molar-refractivity contribution in [2.24, 2.45) is 0 Å². The number of hydrogen-bond acceptors (Lipinski definition) is 2. The lowest BCUT2D eigenvalue weighted by atomic mass is 9.89. The van der Waals surface area contributed by atoms with E-state index in [1.54, 1.807) is 0 Å². The normalized spacial score (nSPS) is 25.6. The van der Waals surface area contributed by atoms with Crippen molar-refractivity contribution < 1.29 is 0 Å². The highest BCUT2D eigenvalue weighted by atomic mass is 15.3. The molecule has 0 spiro atoms. The summed E-state index contributed by atoms with van der Waals surface area (Å²) in [5, 5.41) is 6.03. The molecular formula is C16H21N3. The predicted molar refractivity (Wildman–Crippen MR) is 77.2 cm³/mol. The molecule has 19 heavy (non-hydrogen) atoms. The maximum absolute atomic E-state index is 4.76. The molecule has 0 bridgehead atoms. The van der Waals surface area contributed by atoms with E-state index in [4.69, 9.17) is 5.10 Å². The van der Waals surface area contributed by atoms with Crippen LogP contribution in [-0.4, -0.2) is 33.8 Å². The first kappa shape index (κ1) is 11.5. The molecular weight excluding hydrogens is 234 g/mol. The summed E-state index contributed by atoms with van der Waals surface area (Å²) in [6.45, 7) is 2.49. The number of nitrogens with zero attached hydrogens (tertiary/aromatic N) is 3. The molecule has 0 amide bonds. The molecule has 0 radical (unpaired) electrons. The Morgan fingerprint density at radius 1 is 1.00 bits per heavy atom. The summed E-state index contributed by atoms with van der Waals surface area (Å²) in [5.41, 5.74) is 1.13. The number of fused-ring (bicyclic) bond motifs is 1. The minimum atomic E-state index is 0.571. The second-order valence-electron chi connectivity index (χ2n) is 6.04. The number of aromatic nitrogens is 2. The Morgan fingerprint density at radius 2 is 1.84 bits per heavy atom. The molecule has 1 aliphatic heterocycles. The highest BCUT2D eigenvalue weighted by molar-refractivity contribution is 5.77. The van der Waals surface area contributed by atoms with Crippen LogP contribution in [0.25, 0.3) is 10.9 Å². The van der Waals surface area contributed by atoms with Crippen molar-refractivity contribution in [3.63, 3.8) is 0 Å². The highest BCUT2D eigenvalue weighted by Crippen LogP contribution is 2.31. The standard InChI is InChI=1S/C16H21N3/c1-2-9-16-13(5-1)11-19(17-16)15-8-4-10-18(12-15)14-6-3-7-14/h1-2,5,9,11,14-15H,3-4,6-8,10,12H2. The lowest BCUT2D eigenvalue weighted by molar-refractivity contribution is 0.0767. The molecule has 4 rings (SSSR count). The van der Waals surface area contributed by atoms with Crippen LogP contribution >= 0.6 is 0 Å². The van der Waals surface area contributed by atoms with E-state index in [1.165, 1.54) is 50.6 Å². The highest BCUT2D eigenvalue weighted by Gasteiger charge is 2.30. The fraction of sp³-hybridized carbons (Fsp3) is 0.562. The quantitative estimate of drug-likeness (QED) is 0.821. The van der Waals surface area contributed by atoms with Gasteiger partial charge in [-0.15, -0.1) is 0 Å². The van der Waals surface area contributed by atoms with Gasteiger partial charge in [-0.3, -0.25) is 9.58 Å². The lowest BCUT2D eigenvalue weighted by Gasteiger charge is -2.42. The summed E-state index contributed by atoms with van der Waals surface area (Å²) < 4.78 is 2.22. The third-order valence-electron chi connectivity index (χ3n) is 4.82. The number of hydrogen-bond donors (Lipinski definition) is 0. The van der Waals surface area contributed by atoms with E-state index in [2.05, 4.69) is 40.0 Å². The second-order valence-corrected chi connectivity index (χ2v) is 6.04. The van der Waals surface area contributed by atoms with E-state index in [0.29, 0.717) is 6.04 Å². The van der Waals surface area contributed by atoms with Crippen molar-refractivity contribution >= 4 is 10.9 Å². The van der Waals surface area contributed by atoms with Crippen LogP contribution in [0.1, 0.15) is 38.1 Å². The van der Waals surface area contributed by atoms with Gasteiger partial charge in [-0.25, -0.2) is 0 Å². The molecule has 3 heteroatoms. The summed E-state index contributed by atoms with van der Waals surface area (Å²) in [5.74, 6) is 0. The van der Waals surface area contributed by atoms with Crippen LogP contribution in [-0.2, 0) is 0 Å². The molecule has 2 fully saturated rings. The van der Waals surface area contributed by atoms with Crippen molar-refractivity contribution in [3.8, 4) is 0 Å². The lowest BCUT2D eigenvalue weighted by Crippen LogP contribution is -2.46. The maximum atomic E-state index is 4.76. The summed E-state index contributed by atoms with van der Waals surface area (Å²) in [6.07, 6.45) is 9.07. The Hall–Kier alpha value is -1.35. The minimum Gasteiger partial charge on any atom is -0.298 e. The molecule has 1 aliphatic carbocycles. The average molecular weight is 255 g/mol. The summed E-state index contributed by atoms with van der Waals surface area (Å²) in [7, 11) is 0. The van der Waals surface area contributed by atoms with Crippen LogP contribution in [0, 0.1) is 0 Å². The van der Waals surface area contributed by atoms with Gasteiger partial charge in [0.2, 0.25) is 0 Å². The molecule has 0 N–H and O–H groups in total. The third kappa shape index (κ3) is 2.06. The summed E-state index contributed by atoms with van der Waals surface area (Å²) in [6, 6.07) is 9.87. The number of rotatable bonds is 2. The molecule has 1 aromatic carbocycles. The van der Waals surface area contributed by atoms with Crippen LogP contribution < -0.4 is 0 Å². The van der Waals surface area contributed by atoms with Gasteiger partial charge in [-0.05, 0) is 38.3 Å². The van der Waals surface area contributed by atoms with Crippen LogP contribution in [0.15, 0.2) is 30.5 Å². The fourth-order valence-electron chi connectivity index (χ4n) is 3.45. The molecule has 2 aliphatic rings. The van der Waals surface area contributed by atoms with E-state index in [1.807, 2.05) is 0 Å². The second kappa shape index (κ2) is 4.64. The molecule has 1 aromatic heterocycles. The van der Waals surface area contributed by atoms with E-state index < -0.39 is 0 Å². The van der Waals surface area contributed by atoms with E-state index in [0.717, 1.165) is 11.6 Å². The van der Waals surface area contributed by atoms with Gasteiger partial charge in [0.25, 0.3) is 0 Å². The van der Waals surface area contributed by atoms with Crippen molar-refractivity contribution in [1.29, 1.82) is 0 Å². The van der Waals surface area contributed by atoms with Gasteiger partial charge in [0, 0.05) is 24.2 Å². The Balaban J connectivity index is 1.56. The topological polar surface area (TPSA) is 21.1 Å². The number of likely N-dealkylation sites (tertiary alicyclic amines) is 1. The van der Waals surface area contributed by atoms with Gasteiger partial charge < -0.3 is 0 Å². The molecule has 1 unspecified atom stereocenters. The molecule has 2 aromatic rings. The molecule has 1 saturated carbocycles. The van der Waals surface area contributed by atoms with E-state index in [9.17, 15) is 0 Å². The van der Waals surface area contributed by atoms with Gasteiger partial charge in [-0.2, -0.15) is 5.10 Å². The van der Waals surface area contributed by atoms with Gasteiger partial charge in [0.15, 0.2) is 0 Å². The Labute approximate surface area is 114 Å². The Morgan fingerprint density at radius 3 is 2.63 bits per heavy atom. The van der Waals surface area contributed by atoms with E-state index >= 15 is 0 Å². The van der Waals surface area contributed by atoms with Gasteiger partial charge in [0.1, 0.15) is 0 Å². The zero-order valence-corrected chi connectivity index (χ0v) is 11.3.